The van der Waals surface area contributed by atoms with Crippen LogP contribution in [0.5, 0.6) is 0 Å². The van der Waals surface area contributed by atoms with E-state index in [1.807, 2.05) is 6.92 Å². The molecule has 0 saturated carbocycles. The largest absolute Gasteiger partial charge is 0.480 e. The van der Waals surface area contributed by atoms with Crippen LogP contribution in [-0.4, -0.2) is 59.9 Å². The molecular weight excluding hydrogens is 445 g/mol. The van der Waals surface area contributed by atoms with Gasteiger partial charge in [0.1, 0.15) is 12.6 Å². The van der Waals surface area contributed by atoms with Crippen LogP contribution in [0.2, 0.25) is 0 Å². The van der Waals surface area contributed by atoms with Crippen LogP contribution in [0.4, 0.5) is 0 Å². The molecule has 4 N–H and O–H groups in total. The molecule has 0 bridgehead atoms. The number of carbonyl (C=O) groups excluding carboxylic acids is 2. The maximum absolute atomic E-state index is 12.1. The first-order valence-electron chi connectivity index (χ1n) is 11.1. The summed E-state index contributed by atoms with van der Waals surface area (Å²) in [5, 5.41) is 8.69. The van der Waals surface area contributed by atoms with E-state index in [9.17, 15) is 23.8 Å². The monoisotopic (exact) mass is 483 g/mol. The number of unbranched alkanes of at least 4 members (excludes halogenated alkanes) is 6. The van der Waals surface area contributed by atoms with E-state index >= 15 is 0 Å². The van der Waals surface area contributed by atoms with Crippen LogP contribution >= 0.6 is 7.82 Å². The second-order valence-corrected chi connectivity index (χ2v) is 8.87. The summed E-state index contributed by atoms with van der Waals surface area (Å²) >= 11 is 0. The fourth-order valence-corrected chi connectivity index (χ4v) is 3.25. The number of carbonyl (C=O) groups is 3. The Kier molecular flexibility index (Phi) is 17.1. The average Bonchev–Trinajstić information content (AvgIpc) is 2.74. The number of esters is 2. The van der Waals surface area contributed by atoms with Crippen LogP contribution in [0.3, 0.4) is 0 Å². The van der Waals surface area contributed by atoms with Crippen molar-refractivity contribution in [3.8, 4) is 0 Å². The van der Waals surface area contributed by atoms with Crippen LogP contribution in [0.1, 0.15) is 78.1 Å². The standard InChI is InChI=1S/C20H38NO10P/c1-3-5-7-9-11-18(22)28-13-16(31-19(23)12-10-8-6-4-2)14-29-32(26,27)30-15-17(21)20(24)25/h16-17H,3-15,21H2,1-2H3,(H,24,25)(H,26,27)/t16-,17+/m1/s1. The molecule has 32 heavy (non-hydrogen) atoms. The molecule has 0 fully saturated rings. The average molecular weight is 483 g/mol. The maximum Gasteiger partial charge on any atom is 0.472 e. The van der Waals surface area contributed by atoms with Gasteiger partial charge in [-0.2, -0.15) is 0 Å². The first-order valence-corrected chi connectivity index (χ1v) is 12.6. The molecule has 11 nitrogen and oxygen atoms in total. The number of phosphoric acid groups is 1. The molecule has 0 aromatic rings. The Labute approximate surface area is 189 Å². The lowest BCUT2D eigenvalue weighted by atomic mass is 10.1. The van der Waals surface area contributed by atoms with Gasteiger partial charge in [0.05, 0.1) is 13.2 Å². The van der Waals surface area contributed by atoms with Crippen molar-refractivity contribution in [2.24, 2.45) is 5.73 Å². The molecule has 0 amide bonds. The van der Waals surface area contributed by atoms with Crippen LogP contribution in [0, 0.1) is 0 Å². The van der Waals surface area contributed by atoms with E-state index in [1.54, 1.807) is 0 Å². The van der Waals surface area contributed by atoms with Crippen LogP contribution in [0.25, 0.3) is 0 Å². The van der Waals surface area contributed by atoms with E-state index in [4.69, 9.17) is 24.8 Å². The molecule has 188 valence electrons. The zero-order valence-electron chi connectivity index (χ0n) is 19.0. The Morgan fingerprint density at radius 1 is 0.844 bits per heavy atom. The fourth-order valence-electron chi connectivity index (χ4n) is 2.47. The third kappa shape index (κ3) is 17.1. The van der Waals surface area contributed by atoms with E-state index in [2.05, 4.69) is 11.4 Å². The SMILES string of the molecule is CCCCCCC(=O)OC[C@H](COP(=O)(O)OC[C@H](N)C(=O)O)OC(=O)CCCCCC. The summed E-state index contributed by atoms with van der Waals surface area (Å²) in [6, 6.07) is -1.51. The molecule has 0 aromatic heterocycles. The predicted octanol–water partition coefficient (Wildman–Crippen LogP) is 2.93. The van der Waals surface area contributed by atoms with Gasteiger partial charge >= 0.3 is 25.7 Å². The van der Waals surface area contributed by atoms with Crippen molar-refractivity contribution in [1.82, 2.24) is 0 Å². The van der Waals surface area contributed by atoms with Gasteiger partial charge in [-0.3, -0.25) is 23.4 Å². The van der Waals surface area contributed by atoms with Crippen LogP contribution in [0.15, 0.2) is 0 Å². The fraction of sp³-hybridized carbons (Fsp3) is 0.850. The highest BCUT2D eigenvalue weighted by Gasteiger charge is 2.28. The number of hydrogen-bond donors (Lipinski definition) is 3. The Morgan fingerprint density at radius 2 is 1.38 bits per heavy atom. The number of hydrogen-bond acceptors (Lipinski definition) is 9. The van der Waals surface area contributed by atoms with Gasteiger partial charge in [0, 0.05) is 12.8 Å². The third-order valence-corrected chi connectivity index (χ3v) is 5.31. The van der Waals surface area contributed by atoms with Gasteiger partial charge in [0.15, 0.2) is 6.10 Å². The zero-order chi connectivity index (χ0) is 24.4. The minimum absolute atomic E-state index is 0.155. The van der Waals surface area contributed by atoms with Gasteiger partial charge in [-0.15, -0.1) is 0 Å². The summed E-state index contributed by atoms with van der Waals surface area (Å²) in [4.78, 5) is 44.3. The normalized spacial score (nSPS) is 14.9. The zero-order valence-corrected chi connectivity index (χ0v) is 19.9. The van der Waals surface area contributed by atoms with Gasteiger partial charge in [0.25, 0.3) is 0 Å². The van der Waals surface area contributed by atoms with Crippen molar-refractivity contribution in [2.45, 2.75) is 90.2 Å². The summed E-state index contributed by atoms with van der Waals surface area (Å²) < 4.78 is 31.6. The molecule has 12 heteroatoms. The third-order valence-electron chi connectivity index (χ3n) is 4.36. The molecule has 0 aliphatic carbocycles. The highest BCUT2D eigenvalue weighted by Crippen LogP contribution is 2.43. The number of rotatable bonds is 20. The second-order valence-electron chi connectivity index (χ2n) is 7.42. The Morgan fingerprint density at radius 3 is 1.91 bits per heavy atom. The Bertz CT molecular complexity index is 601. The van der Waals surface area contributed by atoms with E-state index in [0.717, 1.165) is 38.5 Å². The molecular formula is C20H38NO10P. The van der Waals surface area contributed by atoms with Crippen molar-refractivity contribution < 1.29 is 47.5 Å². The van der Waals surface area contributed by atoms with Gasteiger partial charge in [-0.1, -0.05) is 52.4 Å². The number of nitrogens with two attached hydrogens (primary N) is 1. The Hall–Kier alpha value is -1.52. The van der Waals surface area contributed by atoms with Crippen molar-refractivity contribution in [3.63, 3.8) is 0 Å². The molecule has 0 aliphatic heterocycles. The van der Waals surface area contributed by atoms with E-state index in [-0.39, 0.29) is 19.4 Å². The lowest BCUT2D eigenvalue weighted by Crippen LogP contribution is -2.34. The smallest absolute Gasteiger partial charge is 0.472 e. The minimum atomic E-state index is -4.66. The van der Waals surface area contributed by atoms with Crippen molar-refractivity contribution in [2.75, 3.05) is 19.8 Å². The topological polar surface area (TPSA) is 172 Å². The minimum Gasteiger partial charge on any atom is -0.480 e. The molecule has 1 unspecified atom stereocenters. The second kappa shape index (κ2) is 18.0. The lowest BCUT2D eigenvalue weighted by molar-refractivity contribution is -0.161. The molecule has 0 saturated heterocycles. The molecule has 0 aliphatic rings. The van der Waals surface area contributed by atoms with Crippen LogP contribution in [-0.2, 0) is 37.5 Å². The lowest BCUT2D eigenvalue weighted by Gasteiger charge is -2.20. The predicted molar refractivity (Wildman–Crippen MR) is 116 cm³/mol. The molecule has 0 spiro atoms. The van der Waals surface area contributed by atoms with E-state index in [0.29, 0.717) is 12.8 Å². The van der Waals surface area contributed by atoms with Gasteiger partial charge < -0.3 is 25.2 Å². The van der Waals surface area contributed by atoms with Crippen molar-refractivity contribution >= 4 is 25.7 Å². The molecule has 0 rings (SSSR count). The number of carboxylic acid groups (broad SMARTS) is 1. The van der Waals surface area contributed by atoms with E-state index < -0.39 is 51.1 Å². The number of ether oxygens (including phenoxy) is 2. The first kappa shape index (κ1) is 30.5. The highest BCUT2D eigenvalue weighted by molar-refractivity contribution is 7.47. The highest BCUT2D eigenvalue weighted by atomic mass is 31.2. The quantitative estimate of drug-likeness (QED) is 0.132. The maximum atomic E-state index is 12.1. The van der Waals surface area contributed by atoms with Crippen molar-refractivity contribution in [3.05, 3.63) is 0 Å². The van der Waals surface area contributed by atoms with Gasteiger partial charge in [0.2, 0.25) is 0 Å². The van der Waals surface area contributed by atoms with Gasteiger partial charge in [-0.25, -0.2) is 4.57 Å². The van der Waals surface area contributed by atoms with Gasteiger partial charge in [-0.05, 0) is 12.8 Å². The molecule has 0 radical (unpaired) electrons. The Balaban J connectivity index is 4.68. The summed E-state index contributed by atoms with van der Waals surface area (Å²) in [7, 11) is -4.66. The summed E-state index contributed by atoms with van der Waals surface area (Å²) in [5.41, 5.74) is 5.21. The van der Waals surface area contributed by atoms with Crippen LogP contribution < -0.4 is 5.73 Å². The summed E-state index contributed by atoms with van der Waals surface area (Å²) in [6.07, 6.45) is 6.36. The number of aliphatic carboxylic acids is 1. The summed E-state index contributed by atoms with van der Waals surface area (Å²) in [6.45, 7) is 2.42. The van der Waals surface area contributed by atoms with Crippen molar-refractivity contribution in [1.29, 1.82) is 0 Å². The number of carboxylic acids is 1. The molecule has 3 atom stereocenters. The first-order chi connectivity index (χ1) is 15.1. The van der Waals surface area contributed by atoms with E-state index in [1.165, 1.54) is 0 Å². The molecule has 0 heterocycles. The summed E-state index contributed by atoms with van der Waals surface area (Å²) in [5.74, 6) is -2.43. The molecule has 0 aromatic carbocycles. The number of phosphoric ester groups is 1.